The first-order chi connectivity index (χ1) is 23.9. The van der Waals surface area contributed by atoms with Crippen molar-refractivity contribution in [3.63, 3.8) is 0 Å². The maximum absolute atomic E-state index is 12.6. The van der Waals surface area contributed by atoms with E-state index < -0.39 is 6.10 Å². The fourth-order valence-electron chi connectivity index (χ4n) is 6.27. The molecule has 0 N–H and O–H groups in total. The molecule has 0 fully saturated rings. The van der Waals surface area contributed by atoms with Crippen LogP contribution in [-0.2, 0) is 28.6 Å². The normalized spacial score (nSPS) is 11.9. The van der Waals surface area contributed by atoms with E-state index in [1.165, 1.54) is 128 Å². The summed E-state index contributed by atoms with van der Waals surface area (Å²) in [5.74, 6) is -0.0390. The standard InChI is InChI=1S/C43H82O6/c1-5-7-9-11-13-14-19-24-28-32-36-43(46)49-40(37-47-41(44)34-30-26-21-12-10-8-6-2)38-48-42(45)35-31-27-23-20-17-15-16-18-22-25-29-33-39(3)4/h39-40H,5-38H2,1-4H3/t40-/m0/s1. The summed E-state index contributed by atoms with van der Waals surface area (Å²) in [5, 5.41) is 0. The lowest BCUT2D eigenvalue weighted by Crippen LogP contribution is -2.30. The molecule has 6 nitrogen and oxygen atoms in total. The van der Waals surface area contributed by atoms with Crippen LogP contribution in [-0.4, -0.2) is 37.2 Å². The number of ether oxygens (including phenoxy) is 3. The summed E-state index contributed by atoms with van der Waals surface area (Å²) >= 11 is 0. The van der Waals surface area contributed by atoms with E-state index in [0.29, 0.717) is 19.3 Å². The summed E-state index contributed by atoms with van der Waals surface area (Å²) in [6.45, 7) is 8.93. The molecule has 0 aromatic rings. The highest BCUT2D eigenvalue weighted by Crippen LogP contribution is 2.16. The van der Waals surface area contributed by atoms with Crippen LogP contribution in [0.1, 0.15) is 233 Å². The third-order valence-corrected chi connectivity index (χ3v) is 9.54. The van der Waals surface area contributed by atoms with E-state index in [1.54, 1.807) is 0 Å². The van der Waals surface area contributed by atoms with Gasteiger partial charge in [0, 0.05) is 19.3 Å². The zero-order chi connectivity index (χ0) is 36.0. The first kappa shape index (κ1) is 47.4. The lowest BCUT2D eigenvalue weighted by atomic mass is 10.0. The van der Waals surface area contributed by atoms with Crippen LogP contribution in [0.5, 0.6) is 0 Å². The van der Waals surface area contributed by atoms with Crippen LogP contribution in [0.25, 0.3) is 0 Å². The van der Waals surface area contributed by atoms with Crippen LogP contribution in [0.3, 0.4) is 0 Å². The molecule has 0 unspecified atom stereocenters. The van der Waals surface area contributed by atoms with Crippen LogP contribution < -0.4 is 0 Å². The van der Waals surface area contributed by atoms with Crippen molar-refractivity contribution in [2.45, 2.75) is 239 Å². The van der Waals surface area contributed by atoms with Crippen molar-refractivity contribution in [2.24, 2.45) is 5.92 Å². The monoisotopic (exact) mass is 695 g/mol. The smallest absolute Gasteiger partial charge is 0.306 e. The van der Waals surface area contributed by atoms with Crippen molar-refractivity contribution in [3.05, 3.63) is 0 Å². The quantitative estimate of drug-likeness (QED) is 0.0364. The molecule has 0 radical (unpaired) electrons. The number of esters is 3. The topological polar surface area (TPSA) is 78.9 Å². The Bertz CT molecular complexity index is 736. The van der Waals surface area contributed by atoms with Crippen molar-refractivity contribution >= 4 is 17.9 Å². The molecule has 0 rings (SSSR count). The lowest BCUT2D eigenvalue weighted by molar-refractivity contribution is -0.167. The Kier molecular flexibility index (Phi) is 36.4. The van der Waals surface area contributed by atoms with Gasteiger partial charge in [0.2, 0.25) is 0 Å². The minimum atomic E-state index is -0.757. The van der Waals surface area contributed by atoms with Crippen molar-refractivity contribution in [2.75, 3.05) is 13.2 Å². The Balaban J connectivity index is 4.27. The molecule has 0 aliphatic heterocycles. The summed E-state index contributed by atoms with van der Waals surface area (Å²) in [6, 6.07) is 0. The molecule has 290 valence electrons. The number of hydrogen-bond donors (Lipinski definition) is 0. The van der Waals surface area contributed by atoms with E-state index in [0.717, 1.165) is 63.7 Å². The molecule has 0 aliphatic carbocycles. The largest absolute Gasteiger partial charge is 0.462 e. The summed E-state index contributed by atoms with van der Waals surface area (Å²) in [4.78, 5) is 37.4. The van der Waals surface area contributed by atoms with Gasteiger partial charge >= 0.3 is 17.9 Å². The molecular weight excluding hydrogens is 612 g/mol. The maximum atomic E-state index is 12.6. The van der Waals surface area contributed by atoms with Crippen molar-refractivity contribution in [1.29, 1.82) is 0 Å². The number of unbranched alkanes of at least 4 members (excludes halogenated alkanes) is 25. The minimum Gasteiger partial charge on any atom is -0.462 e. The first-order valence-electron chi connectivity index (χ1n) is 21.4. The van der Waals surface area contributed by atoms with Crippen molar-refractivity contribution in [3.8, 4) is 0 Å². The minimum absolute atomic E-state index is 0.0647. The molecule has 1 atom stereocenters. The number of carbonyl (C=O) groups is 3. The molecule has 0 aromatic carbocycles. The number of rotatable bonds is 38. The van der Waals surface area contributed by atoms with Gasteiger partial charge in [-0.25, -0.2) is 0 Å². The van der Waals surface area contributed by atoms with Gasteiger partial charge in [-0.3, -0.25) is 14.4 Å². The zero-order valence-electron chi connectivity index (χ0n) is 33.1. The van der Waals surface area contributed by atoms with Crippen molar-refractivity contribution in [1.82, 2.24) is 0 Å². The third kappa shape index (κ3) is 37.5. The first-order valence-corrected chi connectivity index (χ1v) is 21.4. The molecule has 0 spiro atoms. The van der Waals surface area contributed by atoms with Gasteiger partial charge < -0.3 is 14.2 Å². The Morgan fingerprint density at radius 3 is 1.00 bits per heavy atom. The van der Waals surface area contributed by atoms with Gasteiger partial charge in [-0.1, -0.05) is 195 Å². The van der Waals surface area contributed by atoms with Gasteiger partial charge in [0.15, 0.2) is 6.10 Å². The summed E-state index contributed by atoms with van der Waals surface area (Å²) in [6.07, 6.45) is 35.2. The third-order valence-electron chi connectivity index (χ3n) is 9.54. The second-order valence-corrected chi connectivity index (χ2v) is 15.1. The van der Waals surface area contributed by atoms with Gasteiger partial charge in [-0.2, -0.15) is 0 Å². The Labute approximate surface area is 304 Å². The second kappa shape index (κ2) is 37.7. The Hall–Kier alpha value is -1.59. The predicted molar refractivity (Wildman–Crippen MR) is 206 cm³/mol. The Morgan fingerprint density at radius 1 is 0.388 bits per heavy atom. The van der Waals surface area contributed by atoms with E-state index in [-0.39, 0.29) is 31.1 Å². The fourth-order valence-corrected chi connectivity index (χ4v) is 6.27. The van der Waals surface area contributed by atoms with E-state index in [2.05, 4.69) is 27.7 Å². The molecule has 0 aromatic heterocycles. The molecular formula is C43H82O6. The average Bonchev–Trinajstić information content (AvgIpc) is 3.08. The Morgan fingerprint density at radius 2 is 0.673 bits per heavy atom. The van der Waals surface area contributed by atoms with Crippen LogP contribution in [0.15, 0.2) is 0 Å². The summed E-state index contributed by atoms with van der Waals surface area (Å²) < 4.78 is 16.6. The van der Waals surface area contributed by atoms with Crippen LogP contribution >= 0.6 is 0 Å². The van der Waals surface area contributed by atoms with Crippen LogP contribution in [0, 0.1) is 5.92 Å². The highest BCUT2D eigenvalue weighted by Gasteiger charge is 2.19. The SMILES string of the molecule is CCCCCCCCCCCCC(=O)O[C@@H](COC(=O)CCCCCCCCC)COC(=O)CCCCCCCCCCCCCC(C)C. The maximum Gasteiger partial charge on any atom is 0.306 e. The summed E-state index contributed by atoms with van der Waals surface area (Å²) in [7, 11) is 0. The van der Waals surface area contributed by atoms with Crippen molar-refractivity contribution < 1.29 is 28.6 Å². The van der Waals surface area contributed by atoms with E-state index in [1.807, 2.05) is 0 Å². The van der Waals surface area contributed by atoms with Crippen LogP contribution in [0.2, 0.25) is 0 Å². The van der Waals surface area contributed by atoms with Gasteiger partial charge in [-0.15, -0.1) is 0 Å². The molecule has 0 bridgehead atoms. The lowest BCUT2D eigenvalue weighted by Gasteiger charge is -2.18. The molecule has 0 aliphatic rings. The number of hydrogen-bond acceptors (Lipinski definition) is 6. The van der Waals surface area contributed by atoms with Gasteiger partial charge in [0.25, 0.3) is 0 Å². The van der Waals surface area contributed by atoms with Gasteiger partial charge in [0.1, 0.15) is 13.2 Å². The molecule has 0 heterocycles. The summed E-state index contributed by atoms with van der Waals surface area (Å²) in [5.41, 5.74) is 0. The highest BCUT2D eigenvalue weighted by molar-refractivity contribution is 5.71. The van der Waals surface area contributed by atoms with E-state index >= 15 is 0 Å². The van der Waals surface area contributed by atoms with Gasteiger partial charge in [0.05, 0.1) is 0 Å². The number of carbonyl (C=O) groups excluding carboxylic acids is 3. The molecule has 0 amide bonds. The second-order valence-electron chi connectivity index (χ2n) is 15.1. The highest BCUT2D eigenvalue weighted by atomic mass is 16.6. The fraction of sp³-hybridized carbons (Fsp3) is 0.930. The average molecular weight is 695 g/mol. The molecule has 6 heteroatoms. The van der Waals surface area contributed by atoms with E-state index in [4.69, 9.17) is 14.2 Å². The van der Waals surface area contributed by atoms with Crippen LogP contribution in [0.4, 0.5) is 0 Å². The molecule has 49 heavy (non-hydrogen) atoms. The predicted octanol–water partition coefficient (Wildman–Crippen LogP) is 13.2. The zero-order valence-corrected chi connectivity index (χ0v) is 33.1. The molecule has 0 saturated heterocycles. The van der Waals surface area contributed by atoms with E-state index in [9.17, 15) is 14.4 Å². The van der Waals surface area contributed by atoms with Gasteiger partial charge in [-0.05, 0) is 25.2 Å². The molecule has 0 saturated carbocycles.